The minimum Gasteiger partial charge on any atom is -0.449 e. The molecule has 126 valence electrons. The lowest BCUT2D eigenvalue weighted by Gasteiger charge is -2.15. The number of sulfone groups is 1. The first-order chi connectivity index (χ1) is 10.7. The summed E-state index contributed by atoms with van der Waals surface area (Å²) in [7, 11) is -3.06. The first-order valence-corrected chi connectivity index (χ1v) is 9.85. The van der Waals surface area contributed by atoms with E-state index in [1.54, 1.807) is 17.4 Å². The average molecular weight is 357 g/mol. The van der Waals surface area contributed by atoms with Crippen molar-refractivity contribution < 1.29 is 22.7 Å². The summed E-state index contributed by atoms with van der Waals surface area (Å²) in [6, 6.07) is 3.43. The largest absolute Gasteiger partial charge is 0.449 e. The minimum atomic E-state index is -3.06. The first kappa shape index (κ1) is 17.7. The molecule has 2 rings (SSSR count). The van der Waals surface area contributed by atoms with Gasteiger partial charge < -0.3 is 10.1 Å². The highest BCUT2D eigenvalue weighted by molar-refractivity contribution is 7.91. The molecule has 2 heterocycles. The van der Waals surface area contributed by atoms with E-state index in [-0.39, 0.29) is 11.5 Å². The second-order valence-corrected chi connectivity index (χ2v) is 9.02. The van der Waals surface area contributed by atoms with Gasteiger partial charge in [0, 0.05) is 21.9 Å². The third kappa shape index (κ3) is 5.47. The summed E-state index contributed by atoms with van der Waals surface area (Å²) in [5, 5.41) is 2.60. The Balaban J connectivity index is 1.81. The van der Waals surface area contributed by atoms with Gasteiger partial charge in [0.1, 0.15) is 0 Å². The standard InChI is InChI=1S/C15H19NO5S2/c1-10-3-4-13(22-10)5-6-14(17)21-11(2)15(18)16-12-7-8-23(19,20)9-12/h3-6,11-12H,7-9H2,1-2H3,(H,16,18)/b6-5+/t11-,12+/m1/s1. The Kier molecular flexibility index (Phi) is 5.59. The molecule has 2 atom stereocenters. The zero-order valence-corrected chi connectivity index (χ0v) is 14.6. The van der Waals surface area contributed by atoms with E-state index in [0.717, 1.165) is 9.75 Å². The summed E-state index contributed by atoms with van der Waals surface area (Å²) >= 11 is 1.55. The topological polar surface area (TPSA) is 89.5 Å². The van der Waals surface area contributed by atoms with Crippen LogP contribution in [0.5, 0.6) is 0 Å². The van der Waals surface area contributed by atoms with Gasteiger partial charge in [-0.1, -0.05) is 0 Å². The molecule has 1 aromatic heterocycles. The number of rotatable bonds is 5. The van der Waals surface area contributed by atoms with Gasteiger partial charge in [-0.05, 0) is 38.5 Å². The number of nitrogens with one attached hydrogen (secondary N) is 1. The van der Waals surface area contributed by atoms with Gasteiger partial charge in [0.15, 0.2) is 15.9 Å². The summed E-state index contributed by atoms with van der Waals surface area (Å²) in [5.41, 5.74) is 0. The molecule has 0 aromatic carbocycles. The van der Waals surface area contributed by atoms with E-state index in [9.17, 15) is 18.0 Å². The van der Waals surface area contributed by atoms with Crippen molar-refractivity contribution in [3.8, 4) is 0 Å². The summed E-state index contributed by atoms with van der Waals surface area (Å²) < 4.78 is 27.7. The molecule has 23 heavy (non-hydrogen) atoms. The Bertz CT molecular complexity index is 720. The predicted octanol–water partition coefficient (Wildman–Crippen LogP) is 1.30. The SMILES string of the molecule is Cc1ccc(/C=C/C(=O)O[C@H](C)C(=O)N[C@H]2CCS(=O)(=O)C2)s1. The summed E-state index contributed by atoms with van der Waals surface area (Å²) in [5.74, 6) is -1.08. The molecule has 1 amide bonds. The molecular formula is C15H19NO5S2. The lowest BCUT2D eigenvalue weighted by atomic mass is 10.2. The Labute approximate surface area is 139 Å². The van der Waals surface area contributed by atoms with E-state index in [4.69, 9.17) is 4.74 Å². The van der Waals surface area contributed by atoms with Crippen LogP contribution in [0.4, 0.5) is 0 Å². The van der Waals surface area contributed by atoms with Gasteiger partial charge in [0.2, 0.25) is 0 Å². The molecule has 8 heteroatoms. The molecule has 0 radical (unpaired) electrons. The third-order valence-electron chi connectivity index (χ3n) is 3.39. The van der Waals surface area contributed by atoms with Crippen molar-refractivity contribution in [2.24, 2.45) is 0 Å². The number of esters is 1. The molecule has 1 aliphatic rings. The second-order valence-electron chi connectivity index (χ2n) is 5.47. The van der Waals surface area contributed by atoms with E-state index >= 15 is 0 Å². The highest BCUT2D eigenvalue weighted by atomic mass is 32.2. The van der Waals surface area contributed by atoms with E-state index in [1.165, 1.54) is 13.0 Å². The maximum atomic E-state index is 11.9. The van der Waals surface area contributed by atoms with Crippen molar-refractivity contribution in [1.29, 1.82) is 0 Å². The van der Waals surface area contributed by atoms with Crippen LogP contribution < -0.4 is 5.32 Å². The van der Waals surface area contributed by atoms with Crippen molar-refractivity contribution >= 4 is 39.1 Å². The van der Waals surface area contributed by atoms with Crippen molar-refractivity contribution in [3.05, 3.63) is 28.0 Å². The van der Waals surface area contributed by atoms with Crippen molar-refractivity contribution in [1.82, 2.24) is 5.32 Å². The quantitative estimate of drug-likeness (QED) is 0.634. The zero-order chi connectivity index (χ0) is 17.0. The second kappa shape index (κ2) is 7.27. The van der Waals surface area contributed by atoms with Crippen LogP contribution in [0.25, 0.3) is 6.08 Å². The number of thiophene rings is 1. The summed E-state index contributed by atoms with van der Waals surface area (Å²) in [4.78, 5) is 25.7. The van der Waals surface area contributed by atoms with Crippen LogP contribution in [0.1, 0.15) is 23.1 Å². The Hall–Kier alpha value is -1.67. The number of aryl methyl sites for hydroxylation is 1. The van der Waals surface area contributed by atoms with Gasteiger partial charge in [-0.15, -0.1) is 11.3 Å². The number of carbonyl (C=O) groups excluding carboxylic acids is 2. The molecule has 0 bridgehead atoms. The number of hydrogen-bond donors (Lipinski definition) is 1. The number of amides is 1. The van der Waals surface area contributed by atoms with Crippen LogP contribution >= 0.6 is 11.3 Å². The van der Waals surface area contributed by atoms with Gasteiger partial charge in [0.05, 0.1) is 11.5 Å². The normalized spacial score (nSPS) is 21.2. The maximum Gasteiger partial charge on any atom is 0.331 e. The number of hydrogen-bond acceptors (Lipinski definition) is 6. The van der Waals surface area contributed by atoms with Crippen LogP contribution in [0.2, 0.25) is 0 Å². The predicted molar refractivity (Wildman–Crippen MR) is 88.8 cm³/mol. The fraction of sp³-hybridized carbons (Fsp3) is 0.467. The zero-order valence-electron chi connectivity index (χ0n) is 12.9. The first-order valence-electron chi connectivity index (χ1n) is 7.21. The summed E-state index contributed by atoms with van der Waals surface area (Å²) in [6.45, 7) is 3.43. The van der Waals surface area contributed by atoms with Gasteiger partial charge >= 0.3 is 5.97 Å². The fourth-order valence-corrected chi connectivity index (χ4v) is 4.64. The highest BCUT2D eigenvalue weighted by Crippen LogP contribution is 2.16. The molecular weight excluding hydrogens is 338 g/mol. The molecule has 6 nitrogen and oxygen atoms in total. The van der Waals surface area contributed by atoms with Crippen LogP contribution in [0.15, 0.2) is 18.2 Å². The third-order valence-corrected chi connectivity index (χ3v) is 6.12. The highest BCUT2D eigenvalue weighted by Gasteiger charge is 2.30. The molecule has 1 saturated heterocycles. The van der Waals surface area contributed by atoms with E-state index in [0.29, 0.717) is 6.42 Å². The van der Waals surface area contributed by atoms with Gasteiger partial charge in [-0.25, -0.2) is 13.2 Å². The minimum absolute atomic E-state index is 0.0585. The molecule has 1 N–H and O–H groups in total. The average Bonchev–Trinajstić information content (AvgIpc) is 3.02. The van der Waals surface area contributed by atoms with Gasteiger partial charge in [0.25, 0.3) is 5.91 Å². The van der Waals surface area contributed by atoms with E-state index in [1.807, 2.05) is 19.1 Å². The number of carbonyl (C=O) groups is 2. The lowest BCUT2D eigenvalue weighted by Crippen LogP contribution is -2.42. The maximum absolute atomic E-state index is 11.9. The van der Waals surface area contributed by atoms with Crippen LogP contribution in [0.3, 0.4) is 0 Å². The molecule has 1 aromatic rings. The van der Waals surface area contributed by atoms with Crippen LogP contribution in [-0.4, -0.2) is 43.9 Å². The molecule has 1 fully saturated rings. The fourth-order valence-electron chi connectivity index (χ4n) is 2.19. The molecule has 1 aliphatic heterocycles. The Morgan fingerprint density at radius 2 is 2.17 bits per heavy atom. The van der Waals surface area contributed by atoms with E-state index < -0.39 is 33.9 Å². The Morgan fingerprint density at radius 1 is 1.43 bits per heavy atom. The summed E-state index contributed by atoms with van der Waals surface area (Å²) in [6.07, 6.45) is 2.33. The van der Waals surface area contributed by atoms with Crippen molar-refractivity contribution in [3.63, 3.8) is 0 Å². The molecule has 0 aliphatic carbocycles. The Morgan fingerprint density at radius 3 is 2.74 bits per heavy atom. The number of ether oxygens (including phenoxy) is 1. The van der Waals surface area contributed by atoms with Crippen LogP contribution in [-0.2, 0) is 24.2 Å². The van der Waals surface area contributed by atoms with Gasteiger partial charge in [-0.3, -0.25) is 4.79 Å². The van der Waals surface area contributed by atoms with Crippen LogP contribution in [0, 0.1) is 6.92 Å². The molecule has 0 unspecified atom stereocenters. The lowest BCUT2D eigenvalue weighted by molar-refractivity contribution is -0.150. The molecule has 0 spiro atoms. The van der Waals surface area contributed by atoms with E-state index in [2.05, 4.69) is 5.32 Å². The van der Waals surface area contributed by atoms with Crippen molar-refractivity contribution in [2.75, 3.05) is 11.5 Å². The van der Waals surface area contributed by atoms with Crippen molar-refractivity contribution in [2.45, 2.75) is 32.4 Å². The smallest absolute Gasteiger partial charge is 0.331 e. The molecule has 0 saturated carbocycles. The monoisotopic (exact) mass is 357 g/mol. The van der Waals surface area contributed by atoms with Gasteiger partial charge in [-0.2, -0.15) is 0 Å².